The number of benzene rings is 2. The van der Waals surface area contributed by atoms with Gasteiger partial charge in [-0.2, -0.15) is 0 Å². The molecule has 1 unspecified atom stereocenters. The molecule has 0 fully saturated rings. The number of halogens is 2. The van der Waals surface area contributed by atoms with Crippen molar-refractivity contribution >= 4 is 50.7 Å². The van der Waals surface area contributed by atoms with Crippen molar-refractivity contribution in [1.29, 1.82) is 0 Å². The summed E-state index contributed by atoms with van der Waals surface area (Å²) in [6.07, 6.45) is 1.03. The van der Waals surface area contributed by atoms with E-state index in [1.165, 1.54) is 11.0 Å². The van der Waals surface area contributed by atoms with Crippen LogP contribution >= 0.6 is 23.2 Å². The number of aryl methyl sites for hydroxylation is 1. The lowest BCUT2D eigenvalue weighted by atomic mass is 10.1. The van der Waals surface area contributed by atoms with Crippen LogP contribution < -0.4 is 9.62 Å². The van der Waals surface area contributed by atoms with Gasteiger partial charge in [-0.05, 0) is 55.2 Å². The Morgan fingerprint density at radius 2 is 1.59 bits per heavy atom. The van der Waals surface area contributed by atoms with Crippen molar-refractivity contribution in [2.24, 2.45) is 5.92 Å². The number of carbonyl (C=O) groups excluding carboxylic acids is 2. The Bertz CT molecular complexity index is 1120. The molecule has 186 valence electrons. The summed E-state index contributed by atoms with van der Waals surface area (Å²) < 4.78 is 26.3. The maximum absolute atomic E-state index is 13.5. The molecule has 0 aliphatic carbocycles. The molecular formula is C24H31Cl2N3O4S. The van der Waals surface area contributed by atoms with Crippen LogP contribution in [0.15, 0.2) is 42.5 Å². The van der Waals surface area contributed by atoms with E-state index < -0.39 is 28.5 Å². The van der Waals surface area contributed by atoms with Crippen molar-refractivity contribution in [2.45, 2.75) is 40.3 Å². The van der Waals surface area contributed by atoms with Crippen molar-refractivity contribution in [3.8, 4) is 0 Å². The fourth-order valence-corrected chi connectivity index (χ4v) is 4.46. The highest BCUT2D eigenvalue weighted by molar-refractivity contribution is 7.92. The lowest BCUT2D eigenvalue weighted by molar-refractivity contribution is -0.139. The van der Waals surface area contributed by atoms with Gasteiger partial charge < -0.3 is 10.2 Å². The minimum Gasteiger partial charge on any atom is -0.354 e. The fourth-order valence-electron chi connectivity index (χ4n) is 3.27. The molecule has 0 bridgehead atoms. The molecule has 0 aliphatic heterocycles. The molecule has 1 atom stereocenters. The highest BCUT2D eigenvalue weighted by Crippen LogP contribution is 2.26. The molecule has 2 aromatic carbocycles. The van der Waals surface area contributed by atoms with Crippen molar-refractivity contribution < 1.29 is 18.0 Å². The molecule has 0 spiro atoms. The molecule has 0 saturated heterocycles. The average Bonchev–Trinajstić information content (AvgIpc) is 2.75. The average molecular weight is 529 g/mol. The van der Waals surface area contributed by atoms with Gasteiger partial charge in [-0.15, -0.1) is 0 Å². The van der Waals surface area contributed by atoms with Crippen molar-refractivity contribution in [2.75, 3.05) is 23.7 Å². The smallest absolute Gasteiger partial charge is 0.244 e. The third-order valence-electron chi connectivity index (χ3n) is 5.24. The van der Waals surface area contributed by atoms with Crippen LogP contribution in [-0.4, -0.2) is 50.5 Å². The molecule has 0 heterocycles. The first-order chi connectivity index (χ1) is 15.8. The van der Waals surface area contributed by atoms with Gasteiger partial charge in [0.2, 0.25) is 21.8 Å². The van der Waals surface area contributed by atoms with Crippen LogP contribution in [0.4, 0.5) is 5.69 Å². The highest BCUT2D eigenvalue weighted by Gasteiger charge is 2.30. The van der Waals surface area contributed by atoms with Gasteiger partial charge in [0.15, 0.2) is 0 Å². The molecule has 7 nitrogen and oxygen atoms in total. The predicted octanol–water partition coefficient (Wildman–Crippen LogP) is 4.26. The molecule has 0 saturated carbocycles. The van der Waals surface area contributed by atoms with E-state index in [4.69, 9.17) is 23.2 Å². The highest BCUT2D eigenvalue weighted by atomic mass is 35.5. The zero-order chi connectivity index (χ0) is 25.6. The number of rotatable bonds is 10. The molecule has 0 aliphatic rings. The van der Waals surface area contributed by atoms with Crippen molar-refractivity contribution in [3.63, 3.8) is 0 Å². The van der Waals surface area contributed by atoms with Gasteiger partial charge in [-0.25, -0.2) is 8.42 Å². The molecule has 2 amide bonds. The molecule has 2 rings (SSSR count). The fraction of sp³-hybridized carbons (Fsp3) is 0.417. The van der Waals surface area contributed by atoms with Crippen LogP contribution in [0.3, 0.4) is 0 Å². The lowest BCUT2D eigenvalue weighted by Crippen LogP contribution is -2.51. The van der Waals surface area contributed by atoms with Gasteiger partial charge in [0.1, 0.15) is 12.6 Å². The van der Waals surface area contributed by atoms with Crippen molar-refractivity contribution in [3.05, 3.63) is 63.6 Å². The Balaban J connectivity index is 2.40. The van der Waals surface area contributed by atoms with Crippen LogP contribution in [0.5, 0.6) is 0 Å². The van der Waals surface area contributed by atoms with Gasteiger partial charge in [-0.1, -0.05) is 55.2 Å². The first-order valence-corrected chi connectivity index (χ1v) is 13.5. The van der Waals surface area contributed by atoms with Gasteiger partial charge in [-0.3, -0.25) is 13.9 Å². The van der Waals surface area contributed by atoms with E-state index >= 15 is 0 Å². The lowest BCUT2D eigenvalue weighted by Gasteiger charge is -2.32. The molecule has 0 radical (unpaired) electrons. The number of sulfonamides is 1. The first-order valence-electron chi connectivity index (χ1n) is 10.8. The Hall–Kier alpha value is -2.29. The number of anilines is 1. The summed E-state index contributed by atoms with van der Waals surface area (Å²) in [4.78, 5) is 27.7. The monoisotopic (exact) mass is 527 g/mol. The zero-order valence-corrected chi connectivity index (χ0v) is 22.3. The van der Waals surface area contributed by atoms with E-state index in [1.54, 1.807) is 50.2 Å². The second kappa shape index (κ2) is 11.9. The van der Waals surface area contributed by atoms with Crippen LogP contribution in [0.25, 0.3) is 0 Å². The molecule has 1 N–H and O–H groups in total. The molecule has 2 aromatic rings. The van der Waals surface area contributed by atoms with E-state index in [2.05, 4.69) is 5.32 Å². The topological polar surface area (TPSA) is 86.8 Å². The summed E-state index contributed by atoms with van der Waals surface area (Å²) in [5.41, 5.74) is 1.72. The van der Waals surface area contributed by atoms with E-state index in [0.29, 0.717) is 27.8 Å². The summed E-state index contributed by atoms with van der Waals surface area (Å²) in [6, 6.07) is 10.9. The first kappa shape index (κ1) is 28.0. The second-order valence-electron chi connectivity index (χ2n) is 8.66. The largest absolute Gasteiger partial charge is 0.354 e. The minimum absolute atomic E-state index is 0.110. The Morgan fingerprint density at radius 1 is 1.00 bits per heavy atom. The molecule has 10 heteroatoms. The van der Waals surface area contributed by atoms with Gasteiger partial charge in [0.05, 0.1) is 11.9 Å². The number of carbonyl (C=O) groups is 2. The van der Waals surface area contributed by atoms with Gasteiger partial charge in [0, 0.05) is 23.1 Å². The summed E-state index contributed by atoms with van der Waals surface area (Å²) >= 11 is 12.1. The van der Waals surface area contributed by atoms with Crippen molar-refractivity contribution in [1.82, 2.24) is 10.2 Å². The summed E-state index contributed by atoms with van der Waals surface area (Å²) in [6.45, 7) is 7.40. The normalized spacial score (nSPS) is 12.4. The number of amides is 2. The van der Waals surface area contributed by atoms with E-state index in [1.807, 2.05) is 13.8 Å². The molecule has 0 aromatic heterocycles. The van der Waals surface area contributed by atoms with E-state index in [-0.39, 0.29) is 18.4 Å². The quantitative estimate of drug-likeness (QED) is 0.500. The third-order valence-corrected chi connectivity index (χ3v) is 6.85. The zero-order valence-electron chi connectivity index (χ0n) is 20.0. The molecular weight excluding hydrogens is 497 g/mol. The van der Waals surface area contributed by atoms with Crippen LogP contribution in [0.1, 0.15) is 31.9 Å². The Labute approximate surface area is 212 Å². The van der Waals surface area contributed by atoms with Gasteiger partial charge >= 0.3 is 0 Å². The standard InChI is InChI=1S/C24H31Cl2N3O4S/c1-16(2)13-27-24(31)18(4)28(14-19-7-10-20(25)11-8-19)23(30)15-29(34(5,32)33)22-12-21(26)9-6-17(22)3/h6-12,16,18H,13-15H2,1-5H3,(H,27,31). The third kappa shape index (κ3) is 7.89. The Kier molecular flexibility index (Phi) is 9.79. The molecule has 34 heavy (non-hydrogen) atoms. The number of nitrogens with zero attached hydrogens (tertiary/aromatic N) is 2. The minimum atomic E-state index is -3.82. The van der Waals surface area contributed by atoms with Crippen LogP contribution in [0, 0.1) is 12.8 Å². The van der Waals surface area contributed by atoms with E-state index in [0.717, 1.165) is 16.1 Å². The van der Waals surface area contributed by atoms with Crippen LogP contribution in [0.2, 0.25) is 10.0 Å². The maximum atomic E-state index is 13.5. The predicted molar refractivity (Wildman–Crippen MR) is 138 cm³/mol. The second-order valence-corrected chi connectivity index (χ2v) is 11.4. The summed E-state index contributed by atoms with van der Waals surface area (Å²) in [5.74, 6) is -0.601. The van der Waals surface area contributed by atoms with Crippen LogP contribution in [-0.2, 0) is 26.2 Å². The summed E-state index contributed by atoms with van der Waals surface area (Å²) in [7, 11) is -3.82. The van der Waals surface area contributed by atoms with E-state index in [9.17, 15) is 18.0 Å². The Morgan fingerprint density at radius 3 is 2.15 bits per heavy atom. The number of nitrogens with one attached hydrogen (secondary N) is 1. The number of hydrogen-bond acceptors (Lipinski definition) is 4. The van der Waals surface area contributed by atoms with Gasteiger partial charge in [0.25, 0.3) is 0 Å². The maximum Gasteiger partial charge on any atom is 0.244 e. The summed E-state index contributed by atoms with van der Waals surface area (Å²) in [5, 5.41) is 3.73. The SMILES string of the molecule is Cc1ccc(Cl)cc1N(CC(=O)N(Cc1ccc(Cl)cc1)C(C)C(=O)NCC(C)C)S(C)(=O)=O. The number of hydrogen-bond donors (Lipinski definition) is 1.